The van der Waals surface area contributed by atoms with Crippen molar-refractivity contribution in [1.29, 1.82) is 0 Å². The van der Waals surface area contributed by atoms with Crippen LogP contribution >= 0.6 is 0 Å². The van der Waals surface area contributed by atoms with E-state index in [1.54, 1.807) is 6.92 Å². The molecule has 0 saturated carbocycles. The normalized spacial score (nSPS) is 22.2. The van der Waals surface area contributed by atoms with Crippen LogP contribution in [0.15, 0.2) is 0 Å². The van der Waals surface area contributed by atoms with E-state index in [0.717, 1.165) is 6.54 Å². The van der Waals surface area contributed by atoms with E-state index >= 15 is 0 Å². The van der Waals surface area contributed by atoms with Crippen molar-refractivity contribution in [3.8, 4) is 0 Å². The van der Waals surface area contributed by atoms with Crippen LogP contribution in [-0.4, -0.2) is 50.8 Å². The van der Waals surface area contributed by atoms with E-state index < -0.39 is 0 Å². The number of likely N-dealkylation sites (N-methyl/N-ethyl adjacent to an activating group) is 1. The van der Waals surface area contributed by atoms with E-state index in [2.05, 4.69) is 10.6 Å². The van der Waals surface area contributed by atoms with Gasteiger partial charge in [-0.15, -0.1) is 0 Å². The van der Waals surface area contributed by atoms with Gasteiger partial charge in [0.05, 0.1) is 25.7 Å². The zero-order valence-corrected chi connectivity index (χ0v) is 11.7. The molecule has 0 aromatic heterocycles. The van der Waals surface area contributed by atoms with Gasteiger partial charge in [-0.1, -0.05) is 6.92 Å². The molecule has 1 rings (SSSR count). The second-order valence-corrected chi connectivity index (χ2v) is 4.51. The van der Waals surface area contributed by atoms with Crippen LogP contribution in [0.3, 0.4) is 0 Å². The van der Waals surface area contributed by atoms with E-state index in [1.165, 1.54) is 0 Å². The maximum Gasteiger partial charge on any atom is 0.305 e. The van der Waals surface area contributed by atoms with Crippen molar-refractivity contribution in [3.63, 3.8) is 0 Å². The molecule has 0 aromatic carbocycles. The molecular weight excluding hydrogens is 248 g/mol. The number of amides is 1. The molecule has 0 radical (unpaired) electrons. The fraction of sp³-hybridized carbons (Fsp3) is 0.846. The van der Waals surface area contributed by atoms with Gasteiger partial charge >= 0.3 is 5.97 Å². The van der Waals surface area contributed by atoms with Crippen LogP contribution in [-0.2, 0) is 19.1 Å². The van der Waals surface area contributed by atoms with Crippen molar-refractivity contribution in [1.82, 2.24) is 10.6 Å². The summed E-state index contributed by atoms with van der Waals surface area (Å²) in [5, 5.41) is 6.08. The van der Waals surface area contributed by atoms with E-state index in [1.807, 2.05) is 6.92 Å². The lowest BCUT2D eigenvalue weighted by atomic mass is 10.0. The van der Waals surface area contributed by atoms with Gasteiger partial charge in [-0.05, 0) is 19.9 Å². The van der Waals surface area contributed by atoms with Gasteiger partial charge in [0, 0.05) is 19.0 Å². The molecule has 0 spiro atoms. The van der Waals surface area contributed by atoms with E-state index in [0.29, 0.717) is 39.2 Å². The Morgan fingerprint density at radius 2 is 2.11 bits per heavy atom. The molecule has 110 valence electrons. The Hall–Kier alpha value is -1.14. The number of rotatable bonds is 8. The number of esters is 1. The minimum absolute atomic E-state index is 0.00712. The highest BCUT2D eigenvalue weighted by atomic mass is 16.5. The maximum absolute atomic E-state index is 12.0. The molecule has 2 atom stereocenters. The second kappa shape index (κ2) is 8.87. The van der Waals surface area contributed by atoms with Gasteiger partial charge in [-0.2, -0.15) is 0 Å². The average Bonchev–Trinajstić information content (AvgIpc) is 2.83. The van der Waals surface area contributed by atoms with E-state index in [-0.39, 0.29) is 23.8 Å². The van der Waals surface area contributed by atoms with E-state index in [4.69, 9.17) is 9.47 Å². The highest BCUT2D eigenvalue weighted by Crippen LogP contribution is 2.13. The molecule has 6 heteroatoms. The first-order chi connectivity index (χ1) is 9.19. The lowest BCUT2D eigenvalue weighted by Gasteiger charge is -2.17. The molecule has 1 heterocycles. The van der Waals surface area contributed by atoms with Crippen molar-refractivity contribution in [2.75, 3.05) is 32.9 Å². The number of carbonyl (C=O) groups excluding carboxylic acids is 2. The van der Waals surface area contributed by atoms with Gasteiger partial charge < -0.3 is 20.1 Å². The van der Waals surface area contributed by atoms with Crippen LogP contribution in [0.5, 0.6) is 0 Å². The summed E-state index contributed by atoms with van der Waals surface area (Å²) >= 11 is 0. The SMILES string of the molecule is CCNC1COCC1C(=O)NCCCC(=O)OCC. The summed E-state index contributed by atoms with van der Waals surface area (Å²) in [6.45, 7) is 6.53. The Bertz CT molecular complexity index is 296. The molecule has 0 aliphatic carbocycles. The van der Waals surface area contributed by atoms with Gasteiger partial charge in [0.25, 0.3) is 0 Å². The fourth-order valence-corrected chi connectivity index (χ4v) is 2.08. The van der Waals surface area contributed by atoms with Crippen molar-refractivity contribution in [3.05, 3.63) is 0 Å². The molecule has 1 fully saturated rings. The average molecular weight is 272 g/mol. The summed E-state index contributed by atoms with van der Waals surface area (Å²) in [4.78, 5) is 23.1. The Morgan fingerprint density at radius 1 is 1.32 bits per heavy atom. The first-order valence-corrected chi connectivity index (χ1v) is 6.93. The largest absolute Gasteiger partial charge is 0.466 e. The molecule has 1 amide bonds. The Kier molecular flexibility index (Phi) is 7.43. The molecule has 19 heavy (non-hydrogen) atoms. The number of nitrogens with one attached hydrogen (secondary N) is 2. The van der Waals surface area contributed by atoms with Gasteiger partial charge in [-0.25, -0.2) is 0 Å². The second-order valence-electron chi connectivity index (χ2n) is 4.51. The Balaban J connectivity index is 2.18. The first-order valence-electron chi connectivity index (χ1n) is 6.93. The topological polar surface area (TPSA) is 76.7 Å². The monoisotopic (exact) mass is 272 g/mol. The molecule has 1 aliphatic rings. The lowest BCUT2D eigenvalue weighted by molar-refractivity contribution is -0.143. The predicted molar refractivity (Wildman–Crippen MR) is 70.7 cm³/mol. The fourth-order valence-electron chi connectivity index (χ4n) is 2.08. The smallest absolute Gasteiger partial charge is 0.305 e. The number of hydrogen-bond donors (Lipinski definition) is 2. The summed E-state index contributed by atoms with van der Waals surface area (Å²) in [6, 6.07) is 0.0926. The lowest BCUT2D eigenvalue weighted by Crippen LogP contribution is -2.44. The quantitative estimate of drug-likeness (QED) is 0.483. The summed E-state index contributed by atoms with van der Waals surface area (Å²) in [5.41, 5.74) is 0. The summed E-state index contributed by atoms with van der Waals surface area (Å²) in [7, 11) is 0. The maximum atomic E-state index is 12.0. The van der Waals surface area contributed by atoms with Crippen LogP contribution in [0.1, 0.15) is 26.7 Å². The Morgan fingerprint density at radius 3 is 2.79 bits per heavy atom. The zero-order chi connectivity index (χ0) is 14.1. The molecule has 2 unspecified atom stereocenters. The molecule has 2 N–H and O–H groups in total. The third-order valence-corrected chi connectivity index (χ3v) is 3.05. The van der Waals surface area contributed by atoms with Crippen molar-refractivity contribution >= 4 is 11.9 Å². The minimum Gasteiger partial charge on any atom is -0.466 e. The third kappa shape index (κ3) is 5.57. The van der Waals surface area contributed by atoms with Crippen LogP contribution < -0.4 is 10.6 Å². The van der Waals surface area contributed by atoms with Gasteiger partial charge in [0.2, 0.25) is 5.91 Å². The first kappa shape index (κ1) is 15.9. The molecule has 1 saturated heterocycles. The summed E-state index contributed by atoms with van der Waals surface area (Å²) in [6.07, 6.45) is 0.940. The third-order valence-electron chi connectivity index (χ3n) is 3.05. The Labute approximate surface area is 114 Å². The molecule has 0 aromatic rings. The van der Waals surface area contributed by atoms with Crippen LogP contribution in [0.4, 0.5) is 0 Å². The van der Waals surface area contributed by atoms with Crippen molar-refractivity contribution in [2.45, 2.75) is 32.7 Å². The van der Waals surface area contributed by atoms with Crippen LogP contribution in [0, 0.1) is 5.92 Å². The van der Waals surface area contributed by atoms with E-state index in [9.17, 15) is 9.59 Å². The molecule has 0 bridgehead atoms. The number of carbonyl (C=O) groups is 2. The summed E-state index contributed by atoms with van der Waals surface area (Å²) < 4.78 is 10.1. The standard InChI is InChI=1S/C13H24N2O4/c1-3-14-11-9-18-8-10(11)13(17)15-7-5-6-12(16)19-4-2/h10-11,14H,3-9H2,1-2H3,(H,15,17). The number of hydrogen-bond acceptors (Lipinski definition) is 5. The molecular formula is C13H24N2O4. The molecule has 6 nitrogen and oxygen atoms in total. The van der Waals surface area contributed by atoms with Crippen LogP contribution in [0.25, 0.3) is 0 Å². The van der Waals surface area contributed by atoms with Gasteiger partial charge in [0.15, 0.2) is 0 Å². The molecule has 1 aliphatic heterocycles. The highest BCUT2D eigenvalue weighted by Gasteiger charge is 2.33. The van der Waals surface area contributed by atoms with Gasteiger partial charge in [0.1, 0.15) is 0 Å². The zero-order valence-electron chi connectivity index (χ0n) is 11.7. The van der Waals surface area contributed by atoms with Crippen LogP contribution in [0.2, 0.25) is 0 Å². The van der Waals surface area contributed by atoms with Crippen molar-refractivity contribution < 1.29 is 19.1 Å². The highest BCUT2D eigenvalue weighted by molar-refractivity contribution is 5.80. The summed E-state index contributed by atoms with van der Waals surface area (Å²) in [5.74, 6) is -0.360. The van der Waals surface area contributed by atoms with Crippen molar-refractivity contribution in [2.24, 2.45) is 5.92 Å². The number of ether oxygens (including phenoxy) is 2. The minimum atomic E-state index is -0.216. The predicted octanol–water partition coefficient (Wildman–Crippen LogP) is 0.0704. The van der Waals surface area contributed by atoms with Gasteiger partial charge in [-0.3, -0.25) is 9.59 Å².